The van der Waals surface area contributed by atoms with Gasteiger partial charge >= 0.3 is 6.03 Å². The van der Waals surface area contributed by atoms with Gasteiger partial charge in [0.05, 0.1) is 11.7 Å². The Morgan fingerprint density at radius 3 is 2.44 bits per heavy atom. The largest absolute Gasteiger partial charge is 0.486 e. The van der Waals surface area contributed by atoms with Crippen LogP contribution in [-0.4, -0.2) is 29.0 Å². The molecule has 3 aromatic carbocycles. The SMILES string of the molecule is O=C(Nc1cccc2ccccc12)N[C@@H]1CCCC[C@@H]1NC(=O)c1csc(COc2ccccc2)n1. The summed E-state index contributed by atoms with van der Waals surface area (Å²) in [6.07, 6.45) is 3.62. The minimum absolute atomic E-state index is 0.155. The molecule has 1 aromatic heterocycles. The van der Waals surface area contributed by atoms with Crippen LogP contribution in [0.4, 0.5) is 10.5 Å². The number of ether oxygens (including phenoxy) is 1. The predicted octanol–water partition coefficient (Wildman–Crippen LogP) is 5.74. The molecular formula is C28H28N4O3S. The number of nitrogens with zero attached hydrogens (tertiary/aromatic N) is 1. The van der Waals surface area contributed by atoms with E-state index in [4.69, 9.17) is 4.74 Å². The highest BCUT2D eigenvalue weighted by Gasteiger charge is 2.29. The highest BCUT2D eigenvalue weighted by molar-refractivity contribution is 7.09. The van der Waals surface area contributed by atoms with E-state index in [2.05, 4.69) is 20.9 Å². The van der Waals surface area contributed by atoms with Gasteiger partial charge in [-0.05, 0) is 36.4 Å². The van der Waals surface area contributed by atoms with E-state index in [0.717, 1.165) is 52.9 Å². The van der Waals surface area contributed by atoms with Crippen molar-refractivity contribution >= 4 is 39.7 Å². The van der Waals surface area contributed by atoms with Crippen LogP contribution in [0.5, 0.6) is 5.75 Å². The molecule has 5 rings (SSSR count). The average Bonchev–Trinajstić information content (AvgIpc) is 3.39. The fourth-order valence-corrected chi connectivity index (χ4v) is 5.21. The van der Waals surface area contributed by atoms with E-state index in [0.29, 0.717) is 12.3 Å². The van der Waals surface area contributed by atoms with Gasteiger partial charge in [-0.25, -0.2) is 9.78 Å². The topological polar surface area (TPSA) is 92.4 Å². The molecule has 8 heteroatoms. The molecule has 3 N–H and O–H groups in total. The first-order valence-corrected chi connectivity index (χ1v) is 13.0. The summed E-state index contributed by atoms with van der Waals surface area (Å²) in [7, 11) is 0. The lowest BCUT2D eigenvalue weighted by Gasteiger charge is -2.32. The van der Waals surface area contributed by atoms with E-state index in [1.54, 1.807) is 5.38 Å². The van der Waals surface area contributed by atoms with E-state index < -0.39 is 0 Å². The predicted molar refractivity (Wildman–Crippen MR) is 143 cm³/mol. The number of amides is 3. The van der Waals surface area contributed by atoms with Gasteiger partial charge in [0, 0.05) is 16.8 Å². The van der Waals surface area contributed by atoms with Gasteiger partial charge in [-0.2, -0.15) is 0 Å². The molecular weight excluding hydrogens is 472 g/mol. The number of carbonyl (C=O) groups excluding carboxylic acids is 2. The van der Waals surface area contributed by atoms with Crippen LogP contribution in [-0.2, 0) is 6.61 Å². The van der Waals surface area contributed by atoms with Crippen molar-refractivity contribution in [3.8, 4) is 5.75 Å². The molecule has 1 heterocycles. The molecule has 1 fully saturated rings. The first kappa shape index (κ1) is 23.8. The quantitative estimate of drug-likeness (QED) is 0.302. The van der Waals surface area contributed by atoms with Crippen molar-refractivity contribution in [3.05, 3.63) is 88.9 Å². The Balaban J connectivity index is 1.18. The number of fused-ring (bicyclic) bond motifs is 1. The number of hydrogen-bond donors (Lipinski definition) is 3. The van der Waals surface area contributed by atoms with Crippen molar-refractivity contribution in [3.63, 3.8) is 0 Å². The molecule has 0 saturated heterocycles. The summed E-state index contributed by atoms with van der Waals surface area (Å²) in [6.45, 7) is 0.309. The highest BCUT2D eigenvalue weighted by atomic mass is 32.1. The third kappa shape index (κ3) is 5.83. The second-order valence-electron chi connectivity index (χ2n) is 8.82. The second-order valence-corrected chi connectivity index (χ2v) is 9.77. The Labute approximate surface area is 213 Å². The Morgan fingerprint density at radius 2 is 1.61 bits per heavy atom. The van der Waals surface area contributed by atoms with Crippen LogP contribution < -0.4 is 20.7 Å². The Kier molecular flexibility index (Phi) is 7.42. The fourth-order valence-electron chi connectivity index (χ4n) is 4.52. The van der Waals surface area contributed by atoms with Gasteiger partial charge in [-0.1, -0.05) is 67.4 Å². The number of anilines is 1. The Bertz CT molecular complexity index is 1340. The van der Waals surface area contributed by atoms with Gasteiger partial charge in [0.15, 0.2) is 0 Å². The van der Waals surface area contributed by atoms with Crippen LogP contribution in [0.2, 0.25) is 0 Å². The van der Waals surface area contributed by atoms with E-state index in [1.165, 1.54) is 11.3 Å². The standard InChI is InChI=1S/C28H28N4O3S/c33-27(25-18-36-26(29-25)17-35-20-11-2-1-3-12-20)30-23-14-6-7-15-24(23)32-28(34)31-22-16-8-10-19-9-4-5-13-21(19)22/h1-5,8-13,16,18,23-24H,6-7,14-15,17H2,(H,30,33)(H2,31,32,34)/t23-,24+/m0/s1. The Hall–Kier alpha value is -3.91. The van der Waals surface area contributed by atoms with Crippen molar-refractivity contribution < 1.29 is 14.3 Å². The molecule has 1 aliphatic rings. The number of urea groups is 1. The number of aromatic nitrogens is 1. The molecule has 4 aromatic rings. The zero-order chi connectivity index (χ0) is 24.7. The molecule has 1 saturated carbocycles. The maximum Gasteiger partial charge on any atom is 0.319 e. The van der Waals surface area contributed by atoms with Crippen LogP contribution >= 0.6 is 11.3 Å². The van der Waals surface area contributed by atoms with Crippen LogP contribution in [0.1, 0.15) is 41.2 Å². The molecule has 0 aliphatic heterocycles. The van der Waals surface area contributed by atoms with Crippen molar-refractivity contribution in [2.24, 2.45) is 0 Å². The second kappa shape index (κ2) is 11.2. The maximum atomic E-state index is 12.9. The van der Waals surface area contributed by atoms with E-state index in [-0.39, 0.29) is 24.0 Å². The third-order valence-corrected chi connectivity index (χ3v) is 7.15. The number of rotatable bonds is 7. The summed E-state index contributed by atoms with van der Waals surface area (Å²) in [5.74, 6) is 0.530. The van der Waals surface area contributed by atoms with Gasteiger partial charge in [-0.15, -0.1) is 11.3 Å². The summed E-state index contributed by atoms with van der Waals surface area (Å²) in [5, 5.41) is 13.7. The molecule has 0 radical (unpaired) electrons. The van der Waals surface area contributed by atoms with Crippen LogP contribution in [0.3, 0.4) is 0 Å². The van der Waals surface area contributed by atoms with E-state index >= 15 is 0 Å². The lowest BCUT2D eigenvalue weighted by Crippen LogP contribution is -2.54. The van der Waals surface area contributed by atoms with Crippen LogP contribution in [0.25, 0.3) is 10.8 Å². The number of nitrogens with one attached hydrogen (secondary N) is 3. The number of hydrogen-bond acceptors (Lipinski definition) is 5. The smallest absolute Gasteiger partial charge is 0.319 e. The zero-order valence-electron chi connectivity index (χ0n) is 19.8. The highest BCUT2D eigenvalue weighted by Crippen LogP contribution is 2.24. The minimum Gasteiger partial charge on any atom is -0.486 e. The molecule has 7 nitrogen and oxygen atoms in total. The maximum absolute atomic E-state index is 12.9. The van der Waals surface area contributed by atoms with Gasteiger partial charge < -0.3 is 20.7 Å². The molecule has 36 heavy (non-hydrogen) atoms. The van der Waals surface area contributed by atoms with Gasteiger partial charge in [0.25, 0.3) is 5.91 Å². The average molecular weight is 501 g/mol. The first-order chi connectivity index (χ1) is 17.7. The van der Waals surface area contributed by atoms with Crippen molar-refractivity contribution in [1.29, 1.82) is 0 Å². The minimum atomic E-state index is -0.272. The van der Waals surface area contributed by atoms with Crippen LogP contribution in [0.15, 0.2) is 78.2 Å². The first-order valence-electron chi connectivity index (χ1n) is 12.1. The van der Waals surface area contributed by atoms with Crippen LogP contribution in [0, 0.1) is 0 Å². The molecule has 0 bridgehead atoms. The summed E-state index contributed by atoms with van der Waals surface area (Å²) in [4.78, 5) is 30.2. The molecule has 0 spiro atoms. The van der Waals surface area contributed by atoms with Crippen molar-refractivity contribution in [2.45, 2.75) is 44.4 Å². The number of carbonyl (C=O) groups is 2. The van der Waals surface area contributed by atoms with E-state index in [1.807, 2.05) is 72.8 Å². The summed E-state index contributed by atoms with van der Waals surface area (Å²) >= 11 is 1.40. The number of para-hydroxylation sites is 1. The lowest BCUT2D eigenvalue weighted by molar-refractivity contribution is 0.0911. The van der Waals surface area contributed by atoms with Crippen molar-refractivity contribution in [1.82, 2.24) is 15.6 Å². The lowest BCUT2D eigenvalue weighted by atomic mass is 9.90. The molecule has 2 atom stereocenters. The van der Waals surface area contributed by atoms with Crippen molar-refractivity contribution in [2.75, 3.05) is 5.32 Å². The zero-order valence-corrected chi connectivity index (χ0v) is 20.6. The third-order valence-electron chi connectivity index (χ3n) is 6.33. The Morgan fingerprint density at radius 1 is 0.889 bits per heavy atom. The molecule has 3 amide bonds. The summed E-state index contributed by atoms with van der Waals surface area (Å²) in [6, 6.07) is 22.7. The monoisotopic (exact) mass is 500 g/mol. The summed E-state index contributed by atoms with van der Waals surface area (Å²) in [5.41, 5.74) is 1.13. The normalized spacial score (nSPS) is 17.3. The summed E-state index contributed by atoms with van der Waals surface area (Å²) < 4.78 is 5.73. The van der Waals surface area contributed by atoms with Gasteiger partial charge in [0.1, 0.15) is 23.1 Å². The van der Waals surface area contributed by atoms with Gasteiger partial charge in [0.2, 0.25) is 0 Å². The molecule has 1 aliphatic carbocycles. The van der Waals surface area contributed by atoms with E-state index in [9.17, 15) is 9.59 Å². The fraction of sp³-hybridized carbons (Fsp3) is 0.250. The molecule has 0 unspecified atom stereocenters. The number of thiazole rings is 1. The molecule has 184 valence electrons. The van der Waals surface area contributed by atoms with Gasteiger partial charge in [-0.3, -0.25) is 4.79 Å². The number of benzene rings is 3.